The number of hydrogen-bond donors (Lipinski definition) is 0. The smallest absolute Gasteiger partial charge is 0.211 e. The molecule has 1 atom stereocenters. The van der Waals surface area contributed by atoms with Crippen LogP contribution < -0.4 is 0 Å². The van der Waals surface area contributed by atoms with Gasteiger partial charge in [0.05, 0.1) is 16.9 Å². The van der Waals surface area contributed by atoms with Gasteiger partial charge >= 0.3 is 0 Å². The van der Waals surface area contributed by atoms with Gasteiger partial charge in [0.15, 0.2) is 9.84 Å². The summed E-state index contributed by atoms with van der Waals surface area (Å²) < 4.78 is 51.3. The molecule has 0 saturated heterocycles. The van der Waals surface area contributed by atoms with E-state index in [9.17, 15) is 16.8 Å². The van der Waals surface area contributed by atoms with Crippen molar-refractivity contribution in [2.24, 2.45) is 0 Å². The summed E-state index contributed by atoms with van der Waals surface area (Å²) in [6.07, 6.45) is 1.16. The van der Waals surface area contributed by atoms with Gasteiger partial charge in [-0.2, -0.15) is 4.31 Å². The summed E-state index contributed by atoms with van der Waals surface area (Å²) >= 11 is 0. The van der Waals surface area contributed by atoms with E-state index in [0.29, 0.717) is 0 Å². The van der Waals surface area contributed by atoms with Gasteiger partial charge in [-0.3, -0.25) is 0 Å². The molecule has 0 radical (unpaired) electrons. The normalized spacial score (nSPS) is 18.5. The molecule has 2 aromatic carbocycles. The molecule has 1 unspecified atom stereocenters. The Balaban J connectivity index is 2.00. The van der Waals surface area contributed by atoms with E-state index in [1.807, 2.05) is 32.0 Å². The van der Waals surface area contributed by atoms with Crippen LogP contribution in [0.5, 0.6) is 0 Å². The highest BCUT2D eigenvalue weighted by molar-refractivity contribution is 7.91. The molecule has 1 heterocycles. The Bertz CT molecular complexity index is 1030. The van der Waals surface area contributed by atoms with Crippen molar-refractivity contribution in [1.29, 1.82) is 0 Å². The Morgan fingerprint density at radius 1 is 0.962 bits per heavy atom. The van der Waals surface area contributed by atoms with Crippen LogP contribution >= 0.6 is 0 Å². The monoisotopic (exact) mass is 393 g/mol. The molecule has 7 heteroatoms. The molecular formula is C19H23NO4S2. The largest absolute Gasteiger partial charge is 0.224 e. The molecule has 5 nitrogen and oxygen atoms in total. The molecule has 2 aromatic rings. The molecule has 0 aliphatic carbocycles. The summed E-state index contributed by atoms with van der Waals surface area (Å²) in [5, 5.41) is 0. The molecule has 0 spiro atoms. The molecule has 0 saturated carbocycles. The van der Waals surface area contributed by atoms with E-state index in [2.05, 4.69) is 0 Å². The number of aryl methyl sites for hydroxylation is 2. The lowest BCUT2D eigenvalue weighted by molar-refractivity contribution is 0.366. The van der Waals surface area contributed by atoms with Gasteiger partial charge in [-0.25, -0.2) is 16.8 Å². The van der Waals surface area contributed by atoms with Crippen molar-refractivity contribution in [2.45, 2.75) is 31.2 Å². The highest BCUT2D eigenvalue weighted by atomic mass is 32.2. The van der Waals surface area contributed by atoms with Crippen molar-refractivity contribution >= 4 is 19.9 Å². The Labute approximate surface area is 155 Å². The van der Waals surface area contributed by atoms with E-state index in [-0.39, 0.29) is 29.7 Å². The average Bonchev–Trinajstić information content (AvgIpc) is 2.54. The minimum atomic E-state index is -3.52. The lowest BCUT2D eigenvalue weighted by Gasteiger charge is -2.33. The maximum Gasteiger partial charge on any atom is 0.211 e. The van der Waals surface area contributed by atoms with Crippen molar-refractivity contribution in [3.05, 3.63) is 64.7 Å². The number of sulfonamides is 1. The van der Waals surface area contributed by atoms with Crippen LogP contribution in [0, 0.1) is 13.8 Å². The van der Waals surface area contributed by atoms with Crippen LogP contribution in [0.4, 0.5) is 0 Å². The summed E-state index contributed by atoms with van der Waals surface area (Å²) in [6.45, 7) is 4.32. The Morgan fingerprint density at radius 3 is 2.19 bits per heavy atom. The van der Waals surface area contributed by atoms with Gasteiger partial charge in [0.1, 0.15) is 0 Å². The minimum Gasteiger partial charge on any atom is -0.224 e. The Morgan fingerprint density at radius 2 is 1.58 bits per heavy atom. The van der Waals surface area contributed by atoms with Crippen LogP contribution in [0.15, 0.2) is 47.4 Å². The third-order valence-corrected chi connectivity index (χ3v) is 7.83. The van der Waals surface area contributed by atoms with Gasteiger partial charge in [-0.05, 0) is 37.1 Å². The number of fused-ring (bicyclic) bond motifs is 1. The van der Waals surface area contributed by atoms with Crippen LogP contribution in [-0.4, -0.2) is 39.7 Å². The van der Waals surface area contributed by atoms with Crippen LogP contribution in [0.2, 0.25) is 0 Å². The first-order chi connectivity index (χ1) is 12.1. The molecule has 0 N–H and O–H groups in total. The lowest BCUT2D eigenvalue weighted by Crippen LogP contribution is -2.39. The molecular weight excluding hydrogens is 370 g/mol. The van der Waals surface area contributed by atoms with Crippen molar-refractivity contribution in [1.82, 2.24) is 4.31 Å². The lowest BCUT2D eigenvalue weighted by atomic mass is 9.91. The molecule has 140 valence electrons. The van der Waals surface area contributed by atoms with Crippen LogP contribution in [-0.2, 0) is 26.4 Å². The zero-order valence-corrected chi connectivity index (χ0v) is 16.8. The minimum absolute atomic E-state index is 0.113. The molecule has 0 aromatic heterocycles. The van der Waals surface area contributed by atoms with Gasteiger partial charge in [0.25, 0.3) is 0 Å². The van der Waals surface area contributed by atoms with Crippen molar-refractivity contribution < 1.29 is 16.8 Å². The van der Waals surface area contributed by atoms with Gasteiger partial charge in [0.2, 0.25) is 10.0 Å². The quantitative estimate of drug-likeness (QED) is 0.801. The fourth-order valence-electron chi connectivity index (χ4n) is 3.34. The molecule has 1 aliphatic rings. The topological polar surface area (TPSA) is 71.5 Å². The van der Waals surface area contributed by atoms with Gasteiger partial charge in [0, 0.05) is 19.0 Å². The summed E-state index contributed by atoms with van der Waals surface area (Å²) in [6, 6.07) is 12.6. The van der Waals surface area contributed by atoms with Crippen molar-refractivity contribution in [3.8, 4) is 0 Å². The third kappa shape index (κ3) is 4.00. The van der Waals surface area contributed by atoms with Crippen LogP contribution in [0.1, 0.15) is 28.2 Å². The van der Waals surface area contributed by atoms with E-state index in [4.69, 9.17) is 0 Å². The molecule has 3 rings (SSSR count). The molecule has 26 heavy (non-hydrogen) atoms. The zero-order chi connectivity index (χ0) is 19.1. The van der Waals surface area contributed by atoms with Gasteiger partial charge in [-0.1, -0.05) is 41.5 Å². The van der Waals surface area contributed by atoms with Crippen molar-refractivity contribution in [3.63, 3.8) is 0 Å². The first kappa shape index (κ1) is 19.1. The third-order valence-electron chi connectivity index (χ3n) is 4.78. The van der Waals surface area contributed by atoms with Crippen molar-refractivity contribution in [2.75, 3.05) is 18.6 Å². The highest BCUT2D eigenvalue weighted by Crippen LogP contribution is 2.32. The first-order valence-electron chi connectivity index (χ1n) is 8.40. The Hall–Kier alpha value is -1.70. The summed E-state index contributed by atoms with van der Waals surface area (Å²) in [7, 11) is -6.92. The number of nitrogens with zero attached hydrogens (tertiary/aromatic N) is 1. The number of rotatable bonds is 4. The fraction of sp³-hybridized carbons (Fsp3) is 0.368. The van der Waals surface area contributed by atoms with E-state index in [1.54, 1.807) is 24.3 Å². The Kier molecular flexibility index (Phi) is 4.98. The van der Waals surface area contributed by atoms with E-state index < -0.39 is 19.9 Å². The SMILES string of the molecule is Cc1ccc(S(=O)(=O)CC2CN(S(C)(=O)=O)Cc3ccc(C)cc32)cc1. The molecule has 0 bridgehead atoms. The highest BCUT2D eigenvalue weighted by Gasteiger charge is 2.33. The van der Waals surface area contributed by atoms with Crippen LogP contribution in [0.3, 0.4) is 0 Å². The first-order valence-corrected chi connectivity index (χ1v) is 11.9. The second-order valence-corrected chi connectivity index (χ2v) is 11.1. The van der Waals surface area contributed by atoms with Gasteiger partial charge in [-0.15, -0.1) is 0 Å². The van der Waals surface area contributed by atoms with Crippen LogP contribution in [0.25, 0.3) is 0 Å². The van der Waals surface area contributed by atoms with E-state index >= 15 is 0 Å². The summed E-state index contributed by atoms with van der Waals surface area (Å²) in [5.41, 5.74) is 3.83. The second-order valence-electron chi connectivity index (χ2n) is 7.05. The van der Waals surface area contributed by atoms with E-state index in [0.717, 1.165) is 28.5 Å². The summed E-state index contributed by atoms with van der Waals surface area (Å²) in [4.78, 5) is 0.272. The summed E-state index contributed by atoms with van der Waals surface area (Å²) in [5.74, 6) is -0.502. The molecule has 0 fully saturated rings. The zero-order valence-electron chi connectivity index (χ0n) is 15.1. The molecule has 1 aliphatic heterocycles. The van der Waals surface area contributed by atoms with E-state index in [1.165, 1.54) is 4.31 Å². The fourth-order valence-corrected chi connectivity index (χ4v) is 5.72. The maximum atomic E-state index is 12.9. The number of hydrogen-bond acceptors (Lipinski definition) is 4. The average molecular weight is 394 g/mol. The number of benzene rings is 2. The second kappa shape index (κ2) is 6.79. The predicted octanol–water partition coefficient (Wildman–Crippen LogP) is 2.64. The van der Waals surface area contributed by atoms with Gasteiger partial charge < -0.3 is 0 Å². The standard InChI is InChI=1S/C19H23NO4S2/c1-14-5-8-18(9-6-14)26(23,24)13-17-12-20(25(3,21)22)11-16-7-4-15(2)10-19(16)17/h4-10,17H,11-13H2,1-3H3. The molecule has 0 amide bonds. The predicted molar refractivity (Wildman–Crippen MR) is 102 cm³/mol. The number of sulfone groups is 1. The maximum absolute atomic E-state index is 12.9.